The van der Waals surface area contributed by atoms with Gasteiger partial charge in [-0.05, 0) is 22.0 Å². The molecule has 6 nitrogen and oxygen atoms in total. The summed E-state index contributed by atoms with van der Waals surface area (Å²) in [6.45, 7) is 0. The number of amides is 1. The van der Waals surface area contributed by atoms with Crippen molar-refractivity contribution in [3.8, 4) is 0 Å². The second-order valence-electron chi connectivity index (χ2n) is 2.82. The molecule has 0 saturated carbocycles. The van der Waals surface area contributed by atoms with E-state index in [2.05, 4.69) is 26.2 Å². The van der Waals surface area contributed by atoms with E-state index >= 15 is 0 Å². The van der Waals surface area contributed by atoms with Crippen molar-refractivity contribution in [2.24, 2.45) is 0 Å². The minimum atomic E-state index is -0.526. The molecule has 0 aliphatic carbocycles. The fourth-order valence-electron chi connectivity index (χ4n) is 1.02. The summed E-state index contributed by atoms with van der Waals surface area (Å²) in [4.78, 5) is 25.8. The largest absolute Gasteiger partial charge is 0.324 e. The average molecular weight is 334 g/mol. The second kappa shape index (κ2) is 4.90. The zero-order valence-electron chi connectivity index (χ0n) is 8.05. The molecular weight excluding hydrogens is 330 g/mol. The number of thiazole rings is 1. The van der Waals surface area contributed by atoms with Crippen molar-refractivity contribution in [1.82, 2.24) is 4.98 Å². The molecule has 2 heterocycles. The van der Waals surface area contributed by atoms with E-state index in [1.807, 2.05) is 0 Å². The summed E-state index contributed by atoms with van der Waals surface area (Å²) in [5, 5.41) is 13.4. The summed E-state index contributed by atoms with van der Waals surface area (Å²) in [6, 6.07) is 2.72. The molecule has 88 valence electrons. The van der Waals surface area contributed by atoms with E-state index < -0.39 is 10.8 Å². The SMILES string of the molecule is O=C(Nc1ncc(Br)s1)c1ccc([N+](=O)[O-])s1. The number of nitro groups is 1. The summed E-state index contributed by atoms with van der Waals surface area (Å²) in [5.74, 6) is -0.398. The minimum absolute atomic E-state index is 0.0598. The third-order valence-corrected chi connectivity index (χ3v) is 4.12. The number of aromatic nitrogens is 1. The van der Waals surface area contributed by atoms with Crippen LogP contribution in [0.4, 0.5) is 10.1 Å². The van der Waals surface area contributed by atoms with Gasteiger partial charge in [0.05, 0.1) is 19.8 Å². The molecule has 0 aliphatic rings. The van der Waals surface area contributed by atoms with Gasteiger partial charge in [0.1, 0.15) is 0 Å². The highest BCUT2D eigenvalue weighted by Gasteiger charge is 2.16. The van der Waals surface area contributed by atoms with Crippen LogP contribution in [0.25, 0.3) is 0 Å². The molecule has 0 aliphatic heterocycles. The predicted molar refractivity (Wildman–Crippen MR) is 68.7 cm³/mol. The van der Waals surface area contributed by atoms with Crippen LogP contribution in [-0.4, -0.2) is 15.8 Å². The standard InChI is InChI=1S/C8H4BrN3O3S2/c9-5-3-10-8(17-5)11-7(13)4-1-2-6(16-4)12(14)15/h1-3H,(H,10,11,13). The number of thiophene rings is 1. The zero-order chi connectivity index (χ0) is 12.4. The molecule has 1 N–H and O–H groups in total. The Morgan fingerprint density at radius 1 is 1.47 bits per heavy atom. The molecule has 0 saturated heterocycles. The average Bonchev–Trinajstić information content (AvgIpc) is 2.86. The number of nitrogens with one attached hydrogen (secondary N) is 1. The molecular formula is C8H4BrN3O3S2. The Kier molecular flexibility index (Phi) is 3.50. The summed E-state index contributed by atoms with van der Waals surface area (Å²) in [5.41, 5.74) is 0. The number of anilines is 1. The molecule has 0 fully saturated rings. The van der Waals surface area contributed by atoms with Crippen LogP contribution in [0.1, 0.15) is 9.67 Å². The van der Waals surface area contributed by atoms with E-state index in [-0.39, 0.29) is 9.88 Å². The van der Waals surface area contributed by atoms with E-state index in [0.717, 1.165) is 15.1 Å². The van der Waals surface area contributed by atoms with Gasteiger partial charge in [0, 0.05) is 6.07 Å². The maximum Gasteiger partial charge on any atom is 0.324 e. The van der Waals surface area contributed by atoms with Crippen LogP contribution in [0.3, 0.4) is 0 Å². The number of nitrogens with zero attached hydrogens (tertiary/aromatic N) is 2. The third kappa shape index (κ3) is 2.87. The smallest absolute Gasteiger partial charge is 0.297 e. The first-order valence-electron chi connectivity index (χ1n) is 4.23. The molecule has 0 unspecified atom stereocenters. The molecule has 2 rings (SSSR count). The molecule has 0 radical (unpaired) electrons. The molecule has 0 atom stereocenters. The Bertz CT molecular complexity index is 580. The van der Waals surface area contributed by atoms with Crippen LogP contribution in [-0.2, 0) is 0 Å². The van der Waals surface area contributed by atoms with E-state index in [1.165, 1.54) is 23.5 Å². The molecule has 9 heteroatoms. The first kappa shape index (κ1) is 12.1. The van der Waals surface area contributed by atoms with Crippen LogP contribution >= 0.6 is 38.6 Å². The molecule has 2 aromatic rings. The highest BCUT2D eigenvalue weighted by molar-refractivity contribution is 9.11. The molecule has 0 aromatic carbocycles. The van der Waals surface area contributed by atoms with Gasteiger partial charge in [-0.1, -0.05) is 22.7 Å². The quantitative estimate of drug-likeness (QED) is 0.690. The van der Waals surface area contributed by atoms with Gasteiger partial charge in [0.15, 0.2) is 5.13 Å². The zero-order valence-corrected chi connectivity index (χ0v) is 11.3. The van der Waals surface area contributed by atoms with Gasteiger partial charge in [-0.2, -0.15) is 0 Å². The van der Waals surface area contributed by atoms with Gasteiger partial charge >= 0.3 is 5.00 Å². The van der Waals surface area contributed by atoms with Crippen LogP contribution < -0.4 is 5.32 Å². The lowest BCUT2D eigenvalue weighted by Gasteiger charge is -1.96. The molecule has 1 amide bonds. The van der Waals surface area contributed by atoms with E-state index in [0.29, 0.717) is 5.13 Å². The number of rotatable bonds is 3. The lowest BCUT2D eigenvalue weighted by molar-refractivity contribution is -0.380. The Morgan fingerprint density at radius 2 is 2.24 bits per heavy atom. The second-order valence-corrected chi connectivity index (χ2v) is 6.29. The number of carbonyl (C=O) groups is 1. The van der Waals surface area contributed by atoms with Crippen molar-refractivity contribution in [2.45, 2.75) is 0 Å². The normalized spacial score (nSPS) is 10.2. The number of halogens is 1. The predicted octanol–water partition coefficient (Wildman–Crippen LogP) is 3.13. The third-order valence-electron chi connectivity index (χ3n) is 1.69. The molecule has 0 bridgehead atoms. The van der Waals surface area contributed by atoms with Crippen LogP contribution in [0.5, 0.6) is 0 Å². The van der Waals surface area contributed by atoms with Crippen molar-refractivity contribution in [1.29, 1.82) is 0 Å². The van der Waals surface area contributed by atoms with Gasteiger partial charge in [0.2, 0.25) is 0 Å². The van der Waals surface area contributed by atoms with E-state index in [4.69, 9.17) is 0 Å². The molecule has 2 aromatic heterocycles. The monoisotopic (exact) mass is 333 g/mol. The first-order valence-corrected chi connectivity index (χ1v) is 6.66. The maximum atomic E-state index is 11.7. The number of hydrogen-bond donors (Lipinski definition) is 1. The van der Waals surface area contributed by atoms with Gasteiger partial charge in [-0.15, -0.1) is 0 Å². The Hall–Kier alpha value is -1.32. The van der Waals surface area contributed by atoms with Crippen molar-refractivity contribution in [3.63, 3.8) is 0 Å². The van der Waals surface area contributed by atoms with Crippen molar-refractivity contribution in [3.05, 3.63) is 37.1 Å². The van der Waals surface area contributed by atoms with Gasteiger partial charge in [-0.25, -0.2) is 4.98 Å². The van der Waals surface area contributed by atoms with E-state index in [1.54, 1.807) is 6.20 Å². The number of hydrogen-bond acceptors (Lipinski definition) is 6. The summed E-state index contributed by atoms with van der Waals surface area (Å²) < 4.78 is 0.796. The number of carbonyl (C=O) groups excluding carboxylic acids is 1. The fraction of sp³-hybridized carbons (Fsp3) is 0. The Labute approximate surface area is 112 Å². The summed E-state index contributed by atoms with van der Waals surface area (Å²) in [7, 11) is 0. The lowest BCUT2D eigenvalue weighted by Crippen LogP contribution is -2.09. The minimum Gasteiger partial charge on any atom is -0.297 e. The topological polar surface area (TPSA) is 85.1 Å². The molecule has 0 spiro atoms. The lowest BCUT2D eigenvalue weighted by atomic mass is 10.4. The van der Waals surface area contributed by atoms with Crippen molar-refractivity contribution in [2.75, 3.05) is 5.32 Å². The van der Waals surface area contributed by atoms with Crippen molar-refractivity contribution < 1.29 is 9.72 Å². The van der Waals surface area contributed by atoms with Crippen LogP contribution in [0.2, 0.25) is 0 Å². The van der Waals surface area contributed by atoms with E-state index in [9.17, 15) is 14.9 Å². The summed E-state index contributed by atoms with van der Waals surface area (Å²) in [6.07, 6.45) is 1.57. The first-order chi connectivity index (χ1) is 8.06. The Balaban J connectivity index is 2.11. The maximum absolute atomic E-state index is 11.7. The van der Waals surface area contributed by atoms with Gasteiger partial charge < -0.3 is 0 Å². The van der Waals surface area contributed by atoms with Crippen molar-refractivity contribution >= 4 is 54.6 Å². The van der Waals surface area contributed by atoms with Crippen LogP contribution in [0, 0.1) is 10.1 Å². The van der Waals surface area contributed by atoms with Gasteiger partial charge in [0.25, 0.3) is 5.91 Å². The highest BCUT2D eigenvalue weighted by Crippen LogP contribution is 2.27. The summed E-state index contributed by atoms with van der Waals surface area (Å²) >= 11 is 5.32. The highest BCUT2D eigenvalue weighted by atomic mass is 79.9. The van der Waals surface area contributed by atoms with Crippen LogP contribution in [0.15, 0.2) is 22.1 Å². The fourth-order valence-corrected chi connectivity index (χ4v) is 2.84. The Morgan fingerprint density at radius 3 is 2.76 bits per heavy atom. The van der Waals surface area contributed by atoms with Gasteiger partial charge in [-0.3, -0.25) is 20.2 Å². The molecule has 17 heavy (non-hydrogen) atoms.